The van der Waals surface area contributed by atoms with Gasteiger partial charge in [-0.2, -0.15) is 11.8 Å². The van der Waals surface area contributed by atoms with E-state index in [0.717, 1.165) is 22.3 Å². The Morgan fingerprint density at radius 1 is 1.11 bits per heavy atom. The van der Waals surface area contributed by atoms with E-state index in [2.05, 4.69) is 47.0 Å². The van der Waals surface area contributed by atoms with Gasteiger partial charge < -0.3 is 10.6 Å². The van der Waals surface area contributed by atoms with Crippen LogP contribution in [0.15, 0.2) is 42.5 Å². The summed E-state index contributed by atoms with van der Waals surface area (Å²) in [6.45, 7) is 0. The quantitative estimate of drug-likeness (QED) is 0.821. The molecule has 1 aliphatic rings. The first-order valence-electron chi connectivity index (χ1n) is 5.95. The van der Waals surface area contributed by atoms with Crippen LogP contribution in [-0.4, -0.2) is 22.7 Å². The van der Waals surface area contributed by atoms with Crippen LogP contribution in [0.3, 0.4) is 0 Å². The topological polar surface area (TPSA) is 24.1 Å². The van der Waals surface area contributed by atoms with Gasteiger partial charge in [0.2, 0.25) is 0 Å². The van der Waals surface area contributed by atoms with E-state index in [-0.39, 0.29) is 0 Å². The molecule has 2 aromatic rings. The zero-order valence-electron chi connectivity index (χ0n) is 9.85. The lowest BCUT2D eigenvalue weighted by Crippen LogP contribution is -2.45. The van der Waals surface area contributed by atoms with Crippen molar-refractivity contribution < 1.29 is 0 Å². The van der Waals surface area contributed by atoms with Crippen molar-refractivity contribution in [3.8, 4) is 0 Å². The van der Waals surface area contributed by atoms with Gasteiger partial charge in [-0.05, 0) is 35.1 Å². The first kappa shape index (κ1) is 11.8. The Kier molecular flexibility index (Phi) is 3.39. The van der Waals surface area contributed by atoms with E-state index in [9.17, 15) is 0 Å². The molecule has 0 saturated carbocycles. The largest absolute Gasteiger partial charge is 0.358 e. The second-order valence-electron chi connectivity index (χ2n) is 4.39. The molecule has 0 spiro atoms. The summed E-state index contributed by atoms with van der Waals surface area (Å²) in [6.07, 6.45) is 0. The molecule has 4 heteroatoms. The van der Waals surface area contributed by atoms with Crippen LogP contribution in [0.1, 0.15) is 0 Å². The van der Waals surface area contributed by atoms with E-state index in [1.54, 1.807) is 0 Å². The maximum absolute atomic E-state index is 5.30. The summed E-state index contributed by atoms with van der Waals surface area (Å²) in [4.78, 5) is 0. The summed E-state index contributed by atoms with van der Waals surface area (Å²) < 4.78 is 0. The fraction of sp³-hybridized carbons (Fsp3) is 0.214. The molecule has 18 heavy (non-hydrogen) atoms. The molecular formula is C14H14N2S2. The third kappa shape index (κ3) is 2.60. The number of anilines is 1. The molecule has 2 aromatic carbocycles. The van der Waals surface area contributed by atoms with E-state index in [1.165, 1.54) is 10.8 Å². The molecule has 0 radical (unpaired) electrons. The van der Waals surface area contributed by atoms with E-state index >= 15 is 0 Å². The highest BCUT2D eigenvalue weighted by Crippen LogP contribution is 2.20. The maximum atomic E-state index is 5.30. The van der Waals surface area contributed by atoms with Gasteiger partial charge in [0, 0.05) is 23.2 Å². The highest BCUT2D eigenvalue weighted by molar-refractivity contribution is 8.00. The van der Waals surface area contributed by atoms with Crippen LogP contribution >= 0.6 is 24.0 Å². The SMILES string of the molecule is S=C(Nc1ccc2ccccc2c1)NC1CSC1. The minimum Gasteiger partial charge on any atom is -0.358 e. The number of benzene rings is 2. The zero-order chi connectivity index (χ0) is 12.4. The molecule has 0 aromatic heterocycles. The molecule has 1 heterocycles. The van der Waals surface area contributed by atoms with Crippen molar-refractivity contribution in [3.63, 3.8) is 0 Å². The maximum Gasteiger partial charge on any atom is 0.171 e. The Morgan fingerprint density at radius 3 is 2.61 bits per heavy atom. The Hall–Kier alpha value is -1.26. The average Bonchev–Trinajstić information content (AvgIpc) is 2.34. The molecule has 1 saturated heterocycles. The molecule has 2 N–H and O–H groups in total. The van der Waals surface area contributed by atoms with Crippen LogP contribution in [0.25, 0.3) is 10.8 Å². The molecule has 1 aliphatic heterocycles. The van der Waals surface area contributed by atoms with Crippen molar-refractivity contribution in [1.29, 1.82) is 0 Å². The van der Waals surface area contributed by atoms with E-state index < -0.39 is 0 Å². The van der Waals surface area contributed by atoms with Crippen molar-refractivity contribution >= 4 is 45.6 Å². The molecule has 0 unspecified atom stereocenters. The van der Waals surface area contributed by atoms with Crippen molar-refractivity contribution in [1.82, 2.24) is 5.32 Å². The predicted molar refractivity (Wildman–Crippen MR) is 84.4 cm³/mol. The molecule has 1 fully saturated rings. The van der Waals surface area contributed by atoms with Gasteiger partial charge in [-0.3, -0.25) is 0 Å². The monoisotopic (exact) mass is 274 g/mol. The lowest BCUT2D eigenvalue weighted by Gasteiger charge is -2.27. The van der Waals surface area contributed by atoms with E-state index in [4.69, 9.17) is 12.2 Å². The lowest BCUT2D eigenvalue weighted by atomic mass is 10.1. The van der Waals surface area contributed by atoms with Gasteiger partial charge in [0.05, 0.1) is 0 Å². The molecule has 2 nitrogen and oxygen atoms in total. The Balaban J connectivity index is 1.71. The van der Waals surface area contributed by atoms with Crippen LogP contribution in [0.2, 0.25) is 0 Å². The average molecular weight is 274 g/mol. The van der Waals surface area contributed by atoms with Gasteiger partial charge >= 0.3 is 0 Å². The van der Waals surface area contributed by atoms with Crippen LogP contribution < -0.4 is 10.6 Å². The smallest absolute Gasteiger partial charge is 0.171 e. The molecule has 0 amide bonds. The summed E-state index contributed by atoms with van der Waals surface area (Å²) in [5.74, 6) is 2.30. The number of thiocarbonyl (C=S) groups is 1. The predicted octanol–water partition coefficient (Wildman–Crippen LogP) is 3.24. The summed E-state index contributed by atoms with van der Waals surface area (Å²) in [6, 6.07) is 15.2. The van der Waals surface area contributed by atoms with Crippen LogP contribution in [-0.2, 0) is 0 Å². The molecule has 0 atom stereocenters. The normalized spacial score (nSPS) is 15.1. The fourth-order valence-electron chi connectivity index (χ4n) is 1.94. The van der Waals surface area contributed by atoms with Crippen molar-refractivity contribution in [2.24, 2.45) is 0 Å². The van der Waals surface area contributed by atoms with Crippen molar-refractivity contribution in [3.05, 3.63) is 42.5 Å². The molecule has 0 aliphatic carbocycles. The highest BCUT2D eigenvalue weighted by Gasteiger charge is 2.18. The van der Waals surface area contributed by atoms with Gasteiger partial charge in [0.1, 0.15) is 0 Å². The zero-order valence-corrected chi connectivity index (χ0v) is 11.5. The number of fused-ring (bicyclic) bond motifs is 1. The van der Waals surface area contributed by atoms with Gasteiger partial charge in [-0.15, -0.1) is 0 Å². The number of rotatable bonds is 2. The third-order valence-electron chi connectivity index (χ3n) is 2.98. The number of hydrogen-bond acceptors (Lipinski definition) is 2. The molecule has 0 bridgehead atoms. The summed E-state index contributed by atoms with van der Waals surface area (Å²) in [5, 5.41) is 9.75. The third-order valence-corrected chi connectivity index (χ3v) is 4.48. The first-order valence-corrected chi connectivity index (χ1v) is 7.51. The van der Waals surface area contributed by atoms with E-state index in [1.807, 2.05) is 17.8 Å². The van der Waals surface area contributed by atoms with Gasteiger partial charge in [-0.1, -0.05) is 30.3 Å². The number of thioether (sulfide) groups is 1. The lowest BCUT2D eigenvalue weighted by molar-refractivity contribution is 0.728. The standard InChI is InChI=1S/C14H14N2S2/c17-14(16-13-8-18-9-13)15-12-6-5-10-3-1-2-4-11(10)7-12/h1-7,13H,8-9H2,(H2,15,16,17). The Labute approximate surface area is 116 Å². The van der Waals surface area contributed by atoms with Crippen LogP contribution in [0.4, 0.5) is 5.69 Å². The number of hydrogen-bond donors (Lipinski definition) is 2. The Bertz CT molecular complexity index is 579. The van der Waals surface area contributed by atoms with Gasteiger partial charge in [0.25, 0.3) is 0 Å². The minimum atomic E-state index is 0.537. The molecule has 3 rings (SSSR count). The summed E-state index contributed by atoms with van der Waals surface area (Å²) in [5.41, 5.74) is 1.04. The van der Waals surface area contributed by atoms with Gasteiger partial charge in [-0.25, -0.2) is 0 Å². The van der Waals surface area contributed by atoms with Gasteiger partial charge in [0.15, 0.2) is 5.11 Å². The molecular weight excluding hydrogens is 260 g/mol. The Morgan fingerprint density at radius 2 is 1.89 bits per heavy atom. The molecule has 92 valence electrons. The van der Waals surface area contributed by atoms with Crippen LogP contribution in [0, 0.1) is 0 Å². The minimum absolute atomic E-state index is 0.537. The second-order valence-corrected chi connectivity index (χ2v) is 5.88. The van der Waals surface area contributed by atoms with Crippen molar-refractivity contribution in [2.45, 2.75) is 6.04 Å². The first-order chi connectivity index (χ1) is 8.81. The summed E-state index contributed by atoms with van der Waals surface area (Å²) in [7, 11) is 0. The fourth-order valence-corrected chi connectivity index (χ4v) is 2.86. The highest BCUT2D eigenvalue weighted by atomic mass is 32.2. The van der Waals surface area contributed by atoms with Crippen LogP contribution in [0.5, 0.6) is 0 Å². The number of nitrogens with one attached hydrogen (secondary N) is 2. The van der Waals surface area contributed by atoms with E-state index in [0.29, 0.717) is 6.04 Å². The summed E-state index contributed by atoms with van der Waals surface area (Å²) >= 11 is 7.25. The van der Waals surface area contributed by atoms with Crippen molar-refractivity contribution in [2.75, 3.05) is 16.8 Å². The second kappa shape index (κ2) is 5.16.